The molecule has 1 aliphatic rings. The van der Waals surface area contributed by atoms with Crippen molar-refractivity contribution in [3.05, 3.63) is 71.3 Å². The zero-order chi connectivity index (χ0) is 21.9. The first-order valence-electron chi connectivity index (χ1n) is 10.0. The van der Waals surface area contributed by atoms with Crippen molar-refractivity contribution < 1.29 is 13.2 Å². The molecular weight excluding hydrogens is 400 g/mol. The number of hydrogen-bond donors (Lipinski definition) is 2. The molecule has 1 fully saturated rings. The predicted octanol–water partition coefficient (Wildman–Crippen LogP) is 2.14. The number of likely N-dealkylation sites (N-methyl/N-ethyl adjacent to an activating group) is 2. The molecule has 3 rings (SSSR count). The van der Waals surface area contributed by atoms with E-state index in [1.165, 1.54) is 9.21 Å². The molecule has 2 aromatic rings. The van der Waals surface area contributed by atoms with Crippen LogP contribution < -0.4 is 5.32 Å². The van der Waals surface area contributed by atoms with E-state index in [4.69, 9.17) is 5.41 Å². The van der Waals surface area contributed by atoms with Crippen molar-refractivity contribution in [3.8, 4) is 0 Å². The van der Waals surface area contributed by atoms with Gasteiger partial charge < -0.3 is 5.32 Å². The van der Waals surface area contributed by atoms with E-state index >= 15 is 0 Å². The van der Waals surface area contributed by atoms with Crippen molar-refractivity contribution in [1.29, 1.82) is 5.41 Å². The molecule has 0 bridgehead atoms. The van der Waals surface area contributed by atoms with Crippen molar-refractivity contribution in [2.45, 2.75) is 25.8 Å². The zero-order valence-electron chi connectivity index (χ0n) is 17.6. The average Bonchev–Trinajstić information content (AvgIpc) is 2.99. The Morgan fingerprint density at radius 3 is 2.30 bits per heavy atom. The van der Waals surface area contributed by atoms with Gasteiger partial charge in [-0.15, -0.1) is 0 Å². The van der Waals surface area contributed by atoms with Crippen LogP contribution >= 0.6 is 0 Å². The molecule has 0 spiro atoms. The van der Waals surface area contributed by atoms with Gasteiger partial charge in [0.25, 0.3) is 5.91 Å². The number of carbonyl (C=O) groups is 1. The Morgan fingerprint density at radius 2 is 1.73 bits per heavy atom. The van der Waals surface area contributed by atoms with E-state index in [1.807, 2.05) is 61.5 Å². The van der Waals surface area contributed by atoms with Crippen molar-refractivity contribution >= 4 is 21.9 Å². The van der Waals surface area contributed by atoms with Crippen LogP contribution in [0.25, 0.3) is 0 Å². The summed E-state index contributed by atoms with van der Waals surface area (Å²) in [5, 5.41) is 11.3. The highest BCUT2D eigenvalue weighted by atomic mass is 32.2. The number of guanidine groups is 1. The first-order chi connectivity index (χ1) is 14.3. The summed E-state index contributed by atoms with van der Waals surface area (Å²) in [6, 6.07) is 17.0. The normalized spacial score (nSPS) is 19.4. The maximum absolute atomic E-state index is 13.3. The quantitative estimate of drug-likeness (QED) is 0.674. The summed E-state index contributed by atoms with van der Waals surface area (Å²) < 4.78 is 25.9. The van der Waals surface area contributed by atoms with E-state index in [-0.39, 0.29) is 17.6 Å². The van der Waals surface area contributed by atoms with Crippen LogP contribution in [-0.4, -0.2) is 55.4 Å². The molecular formula is C22H28N4O3S. The van der Waals surface area contributed by atoms with Gasteiger partial charge >= 0.3 is 0 Å². The molecule has 2 N–H and O–H groups in total. The summed E-state index contributed by atoms with van der Waals surface area (Å²) in [7, 11) is -1.67. The topological polar surface area (TPSA) is 93.6 Å². The summed E-state index contributed by atoms with van der Waals surface area (Å²) in [4.78, 5) is 14.6. The van der Waals surface area contributed by atoms with Crippen molar-refractivity contribution in [2.75, 3.05) is 25.9 Å². The number of sulfonamides is 1. The number of amides is 1. The summed E-state index contributed by atoms with van der Waals surface area (Å²) >= 11 is 0. The van der Waals surface area contributed by atoms with E-state index in [0.29, 0.717) is 19.5 Å². The van der Waals surface area contributed by atoms with E-state index < -0.39 is 15.6 Å². The number of nitrogens with one attached hydrogen (secondary N) is 2. The van der Waals surface area contributed by atoms with E-state index in [9.17, 15) is 13.2 Å². The minimum Gasteiger partial charge on any atom is -0.334 e. The molecule has 7 nitrogen and oxygen atoms in total. The smallest absolute Gasteiger partial charge is 0.264 e. The minimum absolute atomic E-state index is 0.0421. The molecule has 1 amide bonds. The van der Waals surface area contributed by atoms with E-state index in [2.05, 4.69) is 5.32 Å². The lowest BCUT2D eigenvalue weighted by Gasteiger charge is -2.28. The first-order valence-corrected chi connectivity index (χ1v) is 11.6. The van der Waals surface area contributed by atoms with Gasteiger partial charge in [-0.2, -0.15) is 0 Å². The minimum atomic E-state index is -3.25. The van der Waals surface area contributed by atoms with E-state index in [0.717, 1.165) is 16.7 Å². The maximum Gasteiger partial charge on any atom is 0.264 e. The van der Waals surface area contributed by atoms with Gasteiger partial charge in [-0.05, 0) is 30.0 Å². The van der Waals surface area contributed by atoms with Crippen molar-refractivity contribution in [2.24, 2.45) is 0 Å². The lowest BCUT2D eigenvalue weighted by atomic mass is 9.82. The van der Waals surface area contributed by atoms with Crippen LogP contribution in [0, 0.1) is 5.41 Å². The Balaban J connectivity index is 1.98. The standard InChI is InChI=1S/C22H28N4O3S/c1-4-26(30(28,29)5-2)15-14-17-10-9-13-19(16-17)22(18-11-7-6-8-12-18)20(27)25(3)21(23)24-22/h6-13,16H,4-5,14-15H2,1-3H3,(H2,23,24). The fourth-order valence-corrected chi connectivity index (χ4v) is 4.93. The lowest BCUT2D eigenvalue weighted by molar-refractivity contribution is -0.129. The van der Waals surface area contributed by atoms with Crippen LogP contribution in [0.2, 0.25) is 0 Å². The molecule has 0 radical (unpaired) electrons. The molecule has 1 heterocycles. The predicted molar refractivity (Wildman–Crippen MR) is 118 cm³/mol. The van der Waals surface area contributed by atoms with Gasteiger partial charge in [-0.25, -0.2) is 12.7 Å². The molecule has 0 saturated carbocycles. The van der Waals surface area contributed by atoms with Crippen molar-refractivity contribution in [1.82, 2.24) is 14.5 Å². The van der Waals surface area contributed by atoms with Gasteiger partial charge in [0, 0.05) is 20.1 Å². The fraction of sp³-hybridized carbons (Fsp3) is 0.364. The summed E-state index contributed by atoms with van der Waals surface area (Å²) in [5.74, 6) is -0.106. The van der Waals surface area contributed by atoms with Crippen LogP contribution in [0.5, 0.6) is 0 Å². The van der Waals surface area contributed by atoms with Gasteiger partial charge in [-0.3, -0.25) is 15.1 Å². The molecule has 30 heavy (non-hydrogen) atoms. The third kappa shape index (κ3) is 3.85. The van der Waals surface area contributed by atoms with Crippen LogP contribution in [0.1, 0.15) is 30.5 Å². The molecule has 160 valence electrons. The molecule has 2 aromatic carbocycles. The summed E-state index contributed by atoms with van der Waals surface area (Å²) in [6.45, 7) is 4.28. The largest absolute Gasteiger partial charge is 0.334 e. The van der Waals surface area contributed by atoms with Crippen molar-refractivity contribution in [3.63, 3.8) is 0 Å². The average molecular weight is 429 g/mol. The molecule has 1 aliphatic heterocycles. The second kappa shape index (κ2) is 8.57. The van der Waals surface area contributed by atoms with Gasteiger partial charge in [0.15, 0.2) is 11.5 Å². The number of carbonyl (C=O) groups excluding carboxylic acids is 1. The Labute approximate surface area is 178 Å². The van der Waals surface area contributed by atoms with E-state index in [1.54, 1.807) is 14.0 Å². The highest BCUT2D eigenvalue weighted by molar-refractivity contribution is 7.89. The monoisotopic (exact) mass is 428 g/mol. The van der Waals surface area contributed by atoms with Gasteiger partial charge in [0.2, 0.25) is 10.0 Å². The highest BCUT2D eigenvalue weighted by Gasteiger charge is 2.50. The fourth-order valence-electron chi connectivity index (χ4n) is 3.80. The Kier molecular flexibility index (Phi) is 6.28. The summed E-state index contributed by atoms with van der Waals surface area (Å²) in [6.07, 6.45) is 0.535. The second-order valence-electron chi connectivity index (χ2n) is 7.30. The highest BCUT2D eigenvalue weighted by Crippen LogP contribution is 2.35. The van der Waals surface area contributed by atoms with Crippen LogP contribution in [-0.2, 0) is 26.8 Å². The molecule has 1 unspecified atom stereocenters. The molecule has 1 atom stereocenters. The van der Waals surface area contributed by atoms with Gasteiger partial charge in [0.05, 0.1) is 5.75 Å². The number of rotatable bonds is 8. The number of hydrogen-bond acceptors (Lipinski definition) is 4. The van der Waals surface area contributed by atoms with Gasteiger partial charge in [0.1, 0.15) is 0 Å². The third-order valence-electron chi connectivity index (χ3n) is 5.59. The molecule has 0 aromatic heterocycles. The second-order valence-corrected chi connectivity index (χ2v) is 9.55. The first kappa shape index (κ1) is 22.0. The zero-order valence-corrected chi connectivity index (χ0v) is 18.4. The number of benzene rings is 2. The van der Waals surface area contributed by atoms with Crippen LogP contribution in [0.4, 0.5) is 0 Å². The van der Waals surface area contributed by atoms with Gasteiger partial charge in [-0.1, -0.05) is 61.5 Å². The molecule has 1 saturated heterocycles. The number of nitrogens with zero attached hydrogens (tertiary/aromatic N) is 2. The maximum atomic E-state index is 13.3. The summed E-state index contributed by atoms with van der Waals surface area (Å²) in [5.41, 5.74) is 1.24. The van der Waals surface area contributed by atoms with Crippen LogP contribution in [0.3, 0.4) is 0 Å². The molecule has 8 heteroatoms. The lowest BCUT2D eigenvalue weighted by Crippen LogP contribution is -2.45. The Hall–Kier alpha value is -2.71. The molecule has 0 aliphatic carbocycles. The Morgan fingerprint density at radius 1 is 1.07 bits per heavy atom. The third-order valence-corrected chi connectivity index (χ3v) is 7.55. The SMILES string of the molecule is CCN(CCc1cccc(C2(c3ccccc3)NC(=N)N(C)C2=O)c1)S(=O)(=O)CC. The Bertz CT molecular complexity index is 1040. The van der Waals surface area contributed by atoms with Crippen LogP contribution in [0.15, 0.2) is 54.6 Å².